The number of methoxy groups -OCH3 is 2. The van der Waals surface area contributed by atoms with Gasteiger partial charge in [-0.05, 0) is 38.0 Å². The normalized spacial score (nSPS) is 11.1. The Hall–Kier alpha value is -1.71. The smallest absolute Gasteiger partial charge is 0.309 e. The minimum absolute atomic E-state index is 0.447. The van der Waals surface area contributed by atoms with Gasteiger partial charge in [0.2, 0.25) is 0 Å². The van der Waals surface area contributed by atoms with Crippen LogP contribution in [0.1, 0.15) is 19.4 Å². The topological polar surface area (TPSA) is 55.8 Å². The first-order chi connectivity index (χ1) is 7.90. The Morgan fingerprint density at radius 3 is 2.29 bits per heavy atom. The lowest BCUT2D eigenvalue weighted by atomic mass is 9.86. The highest BCUT2D eigenvalue weighted by Crippen LogP contribution is 2.30. The summed E-state index contributed by atoms with van der Waals surface area (Å²) in [6, 6.07) is 5.45. The summed E-state index contributed by atoms with van der Waals surface area (Å²) in [5.41, 5.74) is 0.120. The molecule has 0 radical (unpaired) electrons. The van der Waals surface area contributed by atoms with Gasteiger partial charge in [0.05, 0.1) is 19.6 Å². The molecule has 0 fully saturated rings. The molecule has 0 atom stereocenters. The van der Waals surface area contributed by atoms with Gasteiger partial charge in [0.25, 0.3) is 0 Å². The van der Waals surface area contributed by atoms with E-state index in [-0.39, 0.29) is 0 Å². The van der Waals surface area contributed by atoms with E-state index < -0.39 is 11.4 Å². The van der Waals surface area contributed by atoms with Crippen molar-refractivity contribution >= 4 is 5.97 Å². The van der Waals surface area contributed by atoms with E-state index in [1.54, 1.807) is 34.1 Å². The van der Waals surface area contributed by atoms with Crippen molar-refractivity contribution in [2.45, 2.75) is 20.3 Å². The summed E-state index contributed by atoms with van der Waals surface area (Å²) in [5.74, 6) is 0.447. The number of carbonyl (C=O) groups is 1. The number of carboxylic acid groups (broad SMARTS) is 1. The summed E-state index contributed by atoms with van der Waals surface area (Å²) in [6.07, 6.45) is 0.447. The van der Waals surface area contributed by atoms with Gasteiger partial charge in [-0.2, -0.15) is 0 Å². The van der Waals surface area contributed by atoms with Gasteiger partial charge in [0.1, 0.15) is 0 Å². The Morgan fingerprint density at radius 2 is 1.82 bits per heavy atom. The van der Waals surface area contributed by atoms with Gasteiger partial charge in [-0.15, -0.1) is 0 Å². The first-order valence-electron chi connectivity index (χ1n) is 5.35. The molecule has 0 aromatic heterocycles. The number of hydrogen-bond acceptors (Lipinski definition) is 3. The monoisotopic (exact) mass is 238 g/mol. The lowest BCUT2D eigenvalue weighted by Crippen LogP contribution is -2.26. The molecule has 0 aliphatic heterocycles. The number of hydrogen-bond donors (Lipinski definition) is 1. The molecule has 0 aliphatic rings. The molecular weight excluding hydrogens is 220 g/mol. The van der Waals surface area contributed by atoms with Crippen LogP contribution in [0.2, 0.25) is 0 Å². The third-order valence-corrected chi connectivity index (χ3v) is 2.67. The first-order valence-corrected chi connectivity index (χ1v) is 5.35. The maximum Gasteiger partial charge on any atom is 0.309 e. The number of carboxylic acids is 1. The summed E-state index contributed by atoms with van der Waals surface area (Å²) in [6.45, 7) is 3.40. The van der Waals surface area contributed by atoms with Crippen molar-refractivity contribution in [3.63, 3.8) is 0 Å². The molecule has 94 valence electrons. The van der Waals surface area contributed by atoms with Gasteiger partial charge in [-0.1, -0.05) is 6.07 Å². The summed E-state index contributed by atoms with van der Waals surface area (Å²) in [5, 5.41) is 9.07. The molecule has 0 saturated carbocycles. The lowest BCUT2D eigenvalue weighted by molar-refractivity contribution is -0.146. The van der Waals surface area contributed by atoms with Crippen molar-refractivity contribution in [1.29, 1.82) is 0 Å². The molecule has 0 bridgehead atoms. The first kappa shape index (κ1) is 13.4. The predicted octanol–water partition coefficient (Wildman–Crippen LogP) is 2.36. The van der Waals surface area contributed by atoms with E-state index in [9.17, 15) is 4.79 Å². The summed E-state index contributed by atoms with van der Waals surface area (Å²) in [7, 11) is 3.13. The summed E-state index contributed by atoms with van der Waals surface area (Å²) < 4.78 is 10.3. The van der Waals surface area contributed by atoms with E-state index in [1.807, 2.05) is 12.1 Å². The standard InChI is InChI=1S/C13H18O4/c1-13(2,12(14)15)8-9-5-6-10(16-3)11(7-9)17-4/h5-7H,8H2,1-4H3,(H,14,15). The molecule has 4 heteroatoms. The van der Waals surface area contributed by atoms with E-state index in [2.05, 4.69) is 0 Å². The molecule has 0 spiro atoms. The van der Waals surface area contributed by atoms with Crippen molar-refractivity contribution in [1.82, 2.24) is 0 Å². The largest absolute Gasteiger partial charge is 0.493 e. The molecule has 0 aliphatic carbocycles. The fourth-order valence-electron chi connectivity index (χ4n) is 1.58. The predicted molar refractivity (Wildman–Crippen MR) is 64.7 cm³/mol. The zero-order valence-corrected chi connectivity index (χ0v) is 10.6. The molecule has 1 aromatic carbocycles. The lowest BCUT2D eigenvalue weighted by Gasteiger charge is -2.19. The Balaban J connectivity index is 2.97. The van der Waals surface area contributed by atoms with E-state index in [4.69, 9.17) is 14.6 Å². The van der Waals surface area contributed by atoms with Crippen molar-refractivity contribution in [3.05, 3.63) is 23.8 Å². The van der Waals surface area contributed by atoms with Crippen molar-refractivity contribution < 1.29 is 19.4 Å². The molecular formula is C13H18O4. The van der Waals surface area contributed by atoms with Crippen LogP contribution in [-0.4, -0.2) is 25.3 Å². The van der Waals surface area contributed by atoms with Crippen LogP contribution in [0.3, 0.4) is 0 Å². The molecule has 4 nitrogen and oxygen atoms in total. The number of ether oxygens (including phenoxy) is 2. The number of aliphatic carboxylic acids is 1. The van der Waals surface area contributed by atoms with Gasteiger partial charge in [0.15, 0.2) is 11.5 Å². The maximum absolute atomic E-state index is 11.0. The average molecular weight is 238 g/mol. The van der Waals surface area contributed by atoms with Crippen molar-refractivity contribution in [3.8, 4) is 11.5 Å². The van der Waals surface area contributed by atoms with Crippen LogP contribution < -0.4 is 9.47 Å². The highest BCUT2D eigenvalue weighted by Gasteiger charge is 2.27. The second kappa shape index (κ2) is 5.08. The van der Waals surface area contributed by atoms with Crippen LogP contribution in [0, 0.1) is 5.41 Å². The maximum atomic E-state index is 11.0. The van der Waals surface area contributed by atoms with Gasteiger partial charge in [-0.25, -0.2) is 0 Å². The van der Waals surface area contributed by atoms with Crippen LogP contribution in [0.25, 0.3) is 0 Å². The van der Waals surface area contributed by atoms with E-state index in [0.29, 0.717) is 17.9 Å². The second-order valence-corrected chi connectivity index (χ2v) is 4.56. The van der Waals surface area contributed by atoms with Gasteiger partial charge in [-0.3, -0.25) is 4.79 Å². The molecule has 1 N–H and O–H groups in total. The zero-order chi connectivity index (χ0) is 13.1. The summed E-state index contributed by atoms with van der Waals surface area (Å²) in [4.78, 5) is 11.0. The Bertz CT molecular complexity index is 410. The minimum atomic E-state index is -0.813. The van der Waals surface area contributed by atoms with Gasteiger partial charge < -0.3 is 14.6 Å². The molecule has 1 rings (SSSR count). The van der Waals surface area contributed by atoms with Crippen LogP contribution in [0.5, 0.6) is 11.5 Å². The van der Waals surface area contributed by atoms with E-state index >= 15 is 0 Å². The number of rotatable bonds is 5. The average Bonchev–Trinajstić information content (AvgIpc) is 2.28. The minimum Gasteiger partial charge on any atom is -0.493 e. The number of benzene rings is 1. The molecule has 1 aromatic rings. The van der Waals surface area contributed by atoms with Crippen LogP contribution in [0.4, 0.5) is 0 Å². The Labute approximate surface area is 101 Å². The third-order valence-electron chi connectivity index (χ3n) is 2.67. The van der Waals surface area contributed by atoms with Gasteiger partial charge >= 0.3 is 5.97 Å². The molecule has 0 amide bonds. The molecule has 0 heterocycles. The van der Waals surface area contributed by atoms with E-state index in [1.165, 1.54) is 0 Å². The zero-order valence-electron chi connectivity index (χ0n) is 10.6. The highest BCUT2D eigenvalue weighted by molar-refractivity contribution is 5.74. The SMILES string of the molecule is COc1ccc(CC(C)(C)C(=O)O)cc1OC. The molecule has 17 heavy (non-hydrogen) atoms. The van der Waals surface area contributed by atoms with Crippen LogP contribution >= 0.6 is 0 Å². The Kier molecular flexibility index (Phi) is 3.99. The van der Waals surface area contributed by atoms with E-state index in [0.717, 1.165) is 5.56 Å². The molecule has 0 saturated heterocycles. The summed E-state index contributed by atoms with van der Waals surface area (Å²) >= 11 is 0. The Morgan fingerprint density at radius 1 is 1.24 bits per heavy atom. The van der Waals surface area contributed by atoms with Gasteiger partial charge in [0, 0.05) is 0 Å². The van der Waals surface area contributed by atoms with Crippen LogP contribution in [0.15, 0.2) is 18.2 Å². The quantitative estimate of drug-likeness (QED) is 0.855. The third kappa shape index (κ3) is 3.12. The molecule has 0 unspecified atom stereocenters. The fourth-order valence-corrected chi connectivity index (χ4v) is 1.58. The van der Waals surface area contributed by atoms with Crippen molar-refractivity contribution in [2.24, 2.45) is 5.41 Å². The highest BCUT2D eigenvalue weighted by atomic mass is 16.5. The second-order valence-electron chi connectivity index (χ2n) is 4.56. The van der Waals surface area contributed by atoms with Crippen LogP contribution in [-0.2, 0) is 11.2 Å². The van der Waals surface area contributed by atoms with Crippen molar-refractivity contribution in [2.75, 3.05) is 14.2 Å². The fraction of sp³-hybridized carbons (Fsp3) is 0.462.